The van der Waals surface area contributed by atoms with Crippen molar-refractivity contribution < 1.29 is 0 Å². The molecular weight excluding hydrogens is 244 g/mol. The number of aryl methyl sites for hydroxylation is 2. The zero-order chi connectivity index (χ0) is 14.4. The van der Waals surface area contributed by atoms with E-state index in [0.29, 0.717) is 0 Å². The third-order valence-electron chi connectivity index (χ3n) is 3.53. The maximum absolute atomic E-state index is 4.41. The summed E-state index contributed by atoms with van der Waals surface area (Å²) >= 11 is 0. The Bertz CT molecular complexity index is 514. The van der Waals surface area contributed by atoms with Gasteiger partial charge in [-0.15, -0.1) is 0 Å². The molecular formula is C18H24N2. The Labute approximate surface area is 122 Å². The van der Waals surface area contributed by atoms with Crippen LogP contribution in [0.2, 0.25) is 0 Å². The molecule has 1 aromatic carbocycles. The number of hydrogen-bond donors (Lipinski definition) is 1. The lowest BCUT2D eigenvalue weighted by Gasteiger charge is -2.19. The predicted molar refractivity (Wildman–Crippen MR) is 84.9 cm³/mol. The van der Waals surface area contributed by atoms with E-state index in [2.05, 4.69) is 60.5 Å². The number of hydrogen-bond acceptors (Lipinski definition) is 2. The number of nitrogens with one attached hydrogen (secondary N) is 1. The first-order chi connectivity index (χ1) is 9.74. The van der Waals surface area contributed by atoms with E-state index in [9.17, 15) is 0 Å². The highest BCUT2D eigenvalue weighted by atomic mass is 14.9. The number of benzene rings is 1. The van der Waals surface area contributed by atoms with E-state index in [4.69, 9.17) is 0 Å². The van der Waals surface area contributed by atoms with E-state index in [0.717, 1.165) is 18.7 Å². The number of nitrogens with zero attached hydrogens (tertiary/aromatic N) is 1. The third kappa shape index (κ3) is 3.67. The van der Waals surface area contributed by atoms with Gasteiger partial charge >= 0.3 is 0 Å². The number of rotatable bonds is 6. The Morgan fingerprint density at radius 3 is 2.25 bits per heavy atom. The second-order valence-corrected chi connectivity index (χ2v) is 5.22. The van der Waals surface area contributed by atoms with Gasteiger partial charge in [0.1, 0.15) is 0 Å². The van der Waals surface area contributed by atoms with Crippen molar-refractivity contribution in [1.82, 2.24) is 10.3 Å². The maximum atomic E-state index is 4.41. The molecule has 1 aromatic heterocycles. The quantitative estimate of drug-likeness (QED) is 0.855. The molecule has 2 aromatic rings. The van der Waals surface area contributed by atoms with Crippen molar-refractivity contribution >= 4 is 0 Å². The van der Waals surface area contributed by atoms with Gasteiger partial charge in [0, 0.05) is 11.9 Å². The molecule has 0 aliphatic rings. The van der Waals surface area contributed by atoms with Crippen molar-refractivity contribution in [2.24, 2.45) is 0 Å². The van der Waals surface area contributed by atoms with Crippen molar-refractivity contribution in [2.45, 2.75) is 39.7 Å². The van der Waals surface area contributed by atoms with Crippen LogP contribution in [0.15, 0.2) is 42.6 Å². The highest BCUT2D eigenvalue weighted by Gasteiger charge is 2.12. The molecule has 0 aliphatic heterocycles. The Balaban J connectivity index is 2.25. The largest absolute Gasteiger partial charge is 0.306 e. The van der Waals surface area contributed by atoms with Crippen LogP contribution in [0.3, 0.4) is 0 Å². The topological polar surface area (TPSA) is 24.9 Å². The van der Waals surface area contributed by atoms with Crippen LogP contribution in [0.4, 0.5) is 0 Å². The fraction of sp³-hybridized carbons (Fsp3) is 0.389. The molecule has 2 nitrogen and oxygen atoms in total. The summed E-state index contributed by atoms with van der Waals surface area (Å²) in [6, 6.07) is 13.4. The van der Waals surface area contributed by atoms with E-state index >= 15 is 0 Å². The lowest BCUT2D eigenvalue weighted by atomic mass is 9.98. The Morgan fingerprint density at radius 1 is 1.00 bits per heavy atom. The van der Waals surface area contributed by atoms with Gasteiger partial charge in [0.2, 0.25) is 0 Å². The second-order valence-electron chi connectivity index (χ2n) is 5.22. The van der Waals surface area contributed by atoms with Crippen LogP contribution < -0.4 is 5.32 Å². The molecule has 0 aliphatic carbocycles. The normalized spacial score (nSPS) is 12.3. The second kappa shape index (κ2) is 7.20. The van der Waals surface area contributed by atoms with Crippen LogP contribution >= 0.6 is 0 Å². The minimum Gasteiger partial charge on any atom is -0.306 e. The van der Waals surface area contributed by atoms with E-state index in [-0.39, 0.29) is 6.04 Å². The van der Waals surface area contributed by atoms with Crippen LogP contribution in [-0.4, -0.2) is 11.5 Å². The summed E-state index contributed by atoms with van der Waals surface area (Å²) in [7, 11) is 0. The average Bonchev–Trinajstić information content (AvgIpc) is 2.47. The van der Waals surface area contributed by atoms with Gasteiger partial charge in [0.15, 0.2) is 0 Å². The number of pyridine rings is 1. The molecule has 2 rings (SSSR count). The summed E-state index contributed by atoms with van der Waals surface area (Å²) in [4.78, 5) is 4.41. The molecule has 0 fully saturated rings. The smallest absolute Gasteiger partial charge is 0.0591 e. The van der Waals surface area contributed by atoms with Gasteiger partial charge in [-0.3, -0.25) is 4.98 Å². The third-order valence-corrected chi connectivity index (χ3v) is 3.53. The van der Waals surface area contributed by atoms with Crippen molar-refractivity contribution in [3.8, 4) is 0 Å². The van der Waals surface area contributed by atoms with E-state index in [1.807, 2.05) is 13.1 Å². The highest BCUT2D eigenvalue weighted by Crippen LogP contribution is 2.22. The summed E-state index contributed by atoms with van der Waals surface area (Å²) in [6.45, 7) is 7.31. The van der Waals surface area contributed by atoms with Gasteiger partial charge in [0.25, 0.3) is 0 Å². The van der Waals surface area contributed by atoms with Crippen molar-refractivity contribution in [1.29, 1.82) is 0 Å². The van der Waals surface area contributed by atoms with Gasteiger partial charge in [-0.1, -0.05) is 50.6 Å². The molecule has 106 valence electrons. The lowest BCUT2D eigenvalue weighted by Crippen LogP contribution is -2.22. The molecule has 20 heavy (non-hydrogen) atoms. The summed E-state index contributed by atoms with van der Waals surface area (Å²) in [5, 5.41) is 3.55. The van der Waals surface area contributed by atoms with E-state index in [1.54, 1.807) is 0 Å². The van der Waals surface area contributed by atoms with Crippen LogP contribution in [0.1, 0.15) is 48.7 Å². The van der Waals surface area contributed by atoms with E-state index in [1.165, 1.54) is 23.1 Å². The fourth-order valence-corrected chi connectivity index (χ4v) is 2.45. The molecule has 1 heterocycles. The zero-order valence-electron chi connectivity index (χ0n) is 12.7. The van der Waals surface area contributed by atoms with Crippen molar-refractivity contribution in [3.05, 3.63) is 65.0 Å². The Morgan fingerprint density at radius 2 is 1.70 bits per heavy atom. The van der Waals surface area contributed by atoms with E-state index < -0.39 is 0 Å². The molecule has 0 spiro atoms. The molecule has 1 N–H and O–H groups in total. The molecule has 0 saturated heterocycles. The Hall–Kier alpha value is -1.67. The standard InChI is InChI=1S/C18H24N2/c1-4-6-15-8-11-16(12-9-15)18(19-5-2)17-10-7-14(3)20-13-17/h7-13,18-19H,4-6H2,1-3H3. The first-order valence-electron chi connectivity index (χ1n) is 7.49. The SMILES string of the molecule is CCCc1ccc(C(NCC)c2ccc(C)nc2)cc1. The van der Waals surface area contributed by atoms with Crippen LogP contribution in [0.25, 0.3) is 0 Å². The maximum Gasteiger partial charge on any atom is 0.0591 e. The summed E-state index contributed by atoms with van der Waals surface area (Å²) < 4.78 is 0. The highest BCUT2D eigenvalue weighted by molar-refractivity contribution is 5.33. The molecule has 0 saturated carbocycles. The zero-order valence-corrected chi connectivity index (χ0v) is 12.7. The van der Waals surface area contributed by atoms with Gasteiger partial charge in [-0.2, -0.15) is 0 Å². The molecule has 0 bridgehead atoms. The van der Waals surface area contributed by atoms with Crippen LogP contribution in [0, 0.1) is 6.92 Å². The first-order valence-corrected chi connectivity index (χ1v) is 7.49. The van der Waals surface area contributed by atoms with Gasteiger partial charge < -0.3 is 5.32 Å². The number of aromatic nitrogens is 1. The van der Waals surface area contributed by atoms with Gasteiger partial charge in [-0.25, -0.2) is 0 Å². The van der Waals surface area contributed by atoms with Crippen LogP contribution in [0.5, 0.6) is 0 Å². The minimum absolute atomic E-state index is 0.226. The fourth-order valence-electron chi connectivity index (χ4n) is 2.45. The van der Waals surface area contributed by atoms with Gasteiger partial charge in [-0.05, 0) is 42.6 Å². The molecule has 2 heteroatoms. The molecule has 0 amide bonds. The molecule has 1 atom stereocenters. The van der Waals surface area contributed by atoms with Crippen LogP contribution in [-0.2, 0) is 6.42 Å². The first kappa shape index (κ1) is 14.7. The Kier molecular flexibility index (Phi) is 5.31. The summed E-state index contributed by atoms with van der Waals surface area (Å²) in [6.07, 6.45) is 4.32. The van der Waals surface area contributed by atoms with Crippen molar-refractivity contribution in [2.75, 3.05) is 6.54 Å². The minimum atomic E-state index is 0.226. The predicted octanol–water partition coefficient (Wildman–Crippen LogP) is 4.04. The molecule has 1 unspecified atom stereocenters. The van der Waals surface area contributed by atoms with Crippen molar-refractivity contribution in [3.63, 3.8) is 0 Å². The summed E-state index contributed by atoms with van der Waals surface area (Å²) in [5.74, 6) is 0. The molecule has 0 radical (unpaired) electrons. The monoisotopic (exact) mass is 268 g/mol. The average molecular weight is 268 g/mol. The summed E-state index contributed by atoms with van der Waals surface area (Å²) in [5.41, 5.74) is 4.99. The lowest BCUT2D eigenvalue weighted by molar-refractivity contribution is 0.628. The van der Waals surface area contributed by atoms with Gasteiger partial charge in [0.05, 0.1) is 6.04 Å².